The third-order valence-corrected chi connectivity index (χ3v) is 3.64. The molecule has 0 spiro atoms. The van der Waals surface area contributed by atoms with Gasteiger partial charge < -0.3 is 10.9 Å². The molecule has 98 valence electrons. The highest BCUT2D eigenvalue weighted by atomic mass is 16.4. The molecule has 1 aliphatic heterocycles. The van der Waals surface area contributed by atoms with Crippen LogP contribution in [-0.4, -0.2) is 33.0 Å². The first kappa shape index (κ1) is 12.8. The van der Waals surface area contributed by atoms with Gasteiger partial charge >= 0.3 is 0 Å². The number of oxime groups is 1. The molecule has 5 heteroatoms. The normalized spacial score (nSPS) is 20.2. The molecule has 5 nitrogen and oxygen atoms in total. The van der Waals surface area contributed by atoms with Gasteiger partial charge in [-0.15, -0.1) is 0 Å². The summed E-state index contributed by atoms with van der Waals surface area (Å²) in [5, 5.41) is 11.6. The number of hydrogen-bond acceptors (Lipinski definition) is 4. The molecule has 0 atom stereocenters. The first-order chi connectivity index (χ1) is 8.53. The van der Waals surface area contributed by atoms with Gasteiger partial charge in [0.2, 0.25) is 0 Å². The molecule has 18 heavy (non-hydrogen) atoms. The van der Waals surface area contributed by atoms with E-state index in [1.54, 1.807) is 6.20 Å². The van der Waals surface area contributed by atoms with E-state index < -0.39 is 0 Å². The van der Waals surface area contributed by atoms with E-state index in [0.717, 1.165) is 18.7 Å². The van der Waals surface area contributed by atoms with Gasteiger partial charge in [0.05, 0.1) is 0 Å². The Kier molecular flexibility index (Phi) is 3.52. The fraction of sp³-hybridized carbons (Fsp3) is 0.538. The van der Waals surface area contributed by atoms with Crippen molar-refractivity contribution in [3.63, 3.8) is 0 Å². The van der Waals surface area contributed by atoms with Crippen LogP contribution >= 0.6 is 0 Å². The van der Waals surface area contributed by atoms with E-state index in [1.165, 1.54) is 12.8 Å². The smallest absolute Gasteiger partial charge is 0.188 e. The van der Waals surface area contributed by atoms with E-state index >= 15 is 0 Å². The molecule has 2 rings (SSSR count). The van der Waals surface area contributed by atoms with Crippen LogP contribution in [0.3, 0.4) is 0 Å². The summed E-state index contributed by atoms with van der Waals surface area (Å²) >= 11 is 0. The summed E-state index contributed by atoms with van der Waals surface area (Å²) in [6.45, 7) is 6.53. The summed E-state index contributed by atoms with van der Waals surface area (Å²) in [7, 11) is 0. The predicted octanol–water partition coefficient (Wildman–Crippen LogP) is 1.55. The van der Waals surface area contributed by atoms with Crippen molar-refractivity contribution in [3.05, 3.63) is 29.6 Å². The molecule has 1 aliphatic rings. The van der Waals surface area contributed by atoms with E-state index in [-0.39, 0.29) is 11.4 Å². The molecular weight excluding hydrogens is 228 g/mol. The maximum atomic E-state index is 8.66. The van der Waals surface area contributed by atoms with Crippen molar-refractivity contribution < 1.29 is 5.21 Å². The molecule has 1 aromatic rings. The minimum Gasteiger partial charge on any atom is -0.409 e. The molecule has 1 fully saturated rings. The van der Waals surface area contributed by atoms with Crippen molar-refractivity contribution in [2.45, 2.75) is 38.8 Å². The van der Waals surface area contributed by atoms with Crippen LogP contribution in [0.25, 0.3) is 0 Å². The Balaban J connectivity index is 2.15. The molecule has 0 saturated carbocycles. The topological polar surface area (TPSA) is 74.7 Å². The van der Waals surface area contributed by atoms with E-state index in [4.69, 9.17) is 10.9 Å². The van der Waals surface area contributed by atoms with Gasteiger partial charge in [0.1, 0.15) is 5.69 Å². The lowest BCUT2D eigenvalue weighted by molar-refractivity contribution is 0.166. The number of hydrogen-bond donors (Lipinski definition) is 2. The van der Waals surface area contributed by atoms with Crippen molar-refractivity contribution in [2.24, 2.45) is 10.9 Å². The highest BCUT2D eigenvalue weighted by Gasteiger charge is 2.31. The molecule has 0 bridgehead atoms. The van der Waals surface area contributed by atoms with E-state index in [9.17, 15) is 0 Å². The number of amidine groups is 1. The second kappa shape index (κ2) is 4.94. The molecule has 0 unspecified atom stereocenters. The quantitative estimate of drug-likeness (QED) is 0.368. The largest absolute Gasteiger partial charge is 0.409 e. The molecule has 0 radical (unpaired) electrons. The summed E-state index contributed by atoms with van der Waals surface area (Å²) in [6.07, 6.45) is 4.17. The molecule has 1 aromatic heterocycles. The van der Waals surface area contributed by atoms with Crippen LogP contribution in [0.15, 0.2) is 23.5 Å². The predicted molar refractivity (Wildman–Crippen MR) is 70.5 cm³/mol. The van der Waals surface area contributed by atoms with Crippen LogP contribution < -0.4 is 5.73 Å². The molecule has 3 N–H and O–H groups in total. The van der Waals surface area contributed by atoms with Crippen molar-refractivity contribution in [1.82, 2.24) is 9.88 Å². The lowest BCUT2D eigenvalue weighted by Gasteiger charge is -2.31. The minimum absolute atomic E-state index is 0.0533. The zero-order chi connectivity index (χ0) is 13.2. The van der Waals surface area contributed by atoms with Gasteiger partial charge in [0.15, 0.2) is 5.84 Å². The Labute approximate surface area is 107 Å². The fourth-order valence-electron chi connectivity index (χ4n) is 2.44. The first-order valence-electron chi connectivity index (χ1n) is 6.21. The Bertz CT molecular complexity index is 456. The number of nitrogens with two attached hydrogens (primary N) is 1. The molecule has 2 heterocycles. The molecule has 0 aromatic carbocycles. The summed E-state index contributed by atoms with van der Waals surface area (Å²) in [6, 6.07) is 3.85. The number of likely N-dealkylation sites (tertiary alicyclic amines) is 1. The maximum absolute atomic E-state index is 8.66. The van der Waals surface area contributed by atoms with Gasteiger partial charge in [-0.25, -0.2) is 0 Å². The van der Waals surface area contributed by atoms with E-state index in [1.807, 2.05) is 12.1 Å². The molecular formula is C13H20N4O. The second-order valence-electron chi connectivity index (χ2n) is 5.37. The zero-order valence-electron chi connectivity index (χ0n) is 10.9. The van der Waals surface area contributed by atoms with Crippen molar-refractivity contribution >= 4 is 5.84 Å². The fourth-order valence-corrected chi connectivity index (χ4v) is 2.44. The van der Waals surface area contributed by atoms with Crippen LogP contribution in [-0.2, 0) is 6.54 Å². The third-order valence-electron chi connectivity index (χ3n) is 3.64. The zero-order valence-corrected chi connectivity index (χ0v) is 10.9. The highest BCUT2D eigenvalue weighted by molar-refractivity contribution is 5.95. The van der Waals surface area contributed by atoms with E-state index in [2.05, 4.69) is 28.9 Å². The molecule has 0 aliphatic carbocycles. The number of pyridine rings is 1. The SMILES string of the molecule is CC1(C)CCCN1Cc1ccnc(C(N)=NO)c1. The Morgan fingerprint density at radius 2 is 2.39 bits per heavy atom. The average Bonchev–Trinajstić information content (AvgIpc) is 2.68. The summed E-state index contributed by atoms with van der Waals surface area (Å²) in [4.78, 5) is 6.54. The number of nitrogens with zero attached hydrogens (tertiary/aromatic N) is 3. The van der Waals surface area contributed by atoms with Gasteiger partial charge in [0.25, 0.3) is 0 Å². The monoisotopic (exact) mass is 248 g/mol. The van der Waals surface area contributed by atoms with Crippen molar-refractivity contribution in [3.8, 4) is 0 Å². The lowest BCUT2D eigenvalue weighted by Crippen LogP contribution is -2.37. The van der Waals surface area contributed by atoms with Crippen LogP contribution in [0.4, 0.5) is 0 Å². The van der Waals surface area contributed by atoms with Crippen LogP contribution in [0.2, 0.25) is 0 Å². The summed E-state index contributed by atoms with van der Waals surface area (Å²) < 4.78 is 0. The molecule has 0 amide bonds. The third kappa shape index (κ3) is 2.61. The van der Waals surface area contributed by atoms with Gasteiger partial charge in [-0.05, 0) is 50.9 Å². The molecule has 1 saturated heterocycles. The Morgan fingerprint density at radius 1 is 1.61 bits per heavy atom. The van der Waals surface area contributed by atoms with E-state index in [0.29, 0.717) is 5.69 Å². The van der Waals surface area contributed by atoms with Gasteiger partial charge in [-0.3, -0.25) is 9.88 Å². The Hall–Kier alpha value is -1.62. The van der Waals surface area contributed by atoms with Crippen LogP contribution in [0.5, 0.6) is 0 Å². The first-order valence-corrected chi connectivity index (χ1v) is 6.21. The minimum atomic E-state index is 0.0533. The summed E-state index contributed by atoms with van der Waals surface area (Å²) in [5.74, 6) is 0.0533. The maximum Gasteiger partial charge on any atom is 0.188 e. The number of rotatable bonds is 3. The van der Waals surface area contributed by atoms with Crippen LogP contribution in [0, 0.1) is 0 Å². The number of aromatic nitrogens is 1. The lowest BCUT2D eigenvalue weighted by atomic mass is 10.0. The van der Waals surface area contributed by atoms with Crippen LogP contribution in [0.1, 0.15) is 37.9 Å². The second-order valence-corrected chi connectivity index (χ2v) is 5.37. The Morgan fingerprint density at radius 3 is 3.00 bits per heavy atom. The van der Waals surface area contributed by atoms with Gasteiger partial charge in [-0.1, -0.05) is 5.16 Å². The highest BCUT2D eigenvalue weighted by Crippen LogP contribution is 2.29. The van der Waals surface area contributed by atoms with Crippen molar-refractivity contribution in [1.29, 1.82) is 0 Å². The summed E-state index contributed by atoms with van der Waals surface area (Å²) in [5.41, 5.74) is 7.46. The van der Waals surface area contributed by atoms with Gasteiger partial charge in [0, 0.05) is 18.3 Å². The van der Waals surface area contributed by atoms with Crippen molar-refractivity contribution in [2.75, 3.05) is 6.54 Å². The average molecular weight is 248 g/mol. The standard InChI is InChI=1S/C13H20N4O/c1-13(2)5-3-7-17(13)9-10-4-6-15-11(8-10)12(14)16-18/h4,6,8,18H,3,5,7,9H2,1-2H3,(H2,14,16). The van der Waals surface area contributed by atoms with Gasteiger partial charge in [-0.2, -0.15) is 0 Å².